The predicted molar refractivity (Wildman–Crippen MR) is 118 cm³/mol. The van der Waals surface area contributed by atoms with Gasteiger partial charge < -0.3 is 14.2 Å². The molecule has 0 heterocycles. The molecule has 1 aromatic carbocycles. The molecule has 2 bridgehead atoms. The van der Waals surface area contributed by atoms with Crippen molar-refractivity contribution in [1.29, 1.82) is 0 Å². The lowest BCUT2D eigenvalue weighted by Gasteiger charge is -2.57. The van der Waals surface area contributed by atoms with Gasteiger partial charge in [0, 0.05) is 12.1 Å². The minimum Gasteiger partial charge on any atom is -0.496 e. The molecule has 28 heavy (non-hydrogen) atoms. The predicted octanol–water partition coefficient (Wildman–Crippen LogP) is 5.67. The zero-order chi connectivity index (χ0) is 20.7. The van der Waals surface area contributed by atoms with E-state index in [9.17, 15) is 0 Å². The van der Waals surface area contributed by atoms with Crippen LogP contribution in [-0.2, 0) is 0 Å². The van der Waals surface area contributed by atoms with E-state index >= 15 is 0 Å². The molecule has 0 radical (unpaired) electrons. The Bertz CT molecular complexity index is 811. The summed E-state index contributed by atoms with van der Waals surface area (Å²) in [4.78, 5) is 0. The molecule has 3 aliphatic carbocycles. The van der Waals surface area contributed by atoms with Gasteiger partial charge in [0.15, 0.2) is 0 Å². The Morgan fingerprint density at radius 2 is 1.64 bits per heavy atom. The molecule has 1 unspecified atom stereocenters. The number of ether oxygens (including phenoxy) is 3. The summed E-state index contributed by atoms with van der Waals surface area (Å²) in [7, 11) is 3.55. The fourth-order valence-electron chi connectivity index (χ4n) is 4.65. The quantitative estimate of drug-likeness (QED) is 0.363. The van der Waals surface area contributed by atoms with Crippen molar-refractivity contribution >= 4 is 8.07 Å². The number of allylic oxidation sites excluding steroid dienone is 2. The van der Waals surface area contributed by atoms with Gasteiger partial charge in [-0.05, 0) is 30.1 Å². The van der Waals surface area contributed by atoms with Gasteiger partial charge >= 0.3 is 0 Å². The molecule has 1 saturated carbocycles. The summed E-state index contributed by atoms with van der Waals surface area (Å²) in [5.41, 5.74) is 6.44. The van der Waals surface area contributed by atoms with E-state index in [0.29, 0.717) is 11.3 Å². The summed E-state index contributed by atoms with van der Waals surface area (Å²) >= 11 is 0. The third kappa shape index (κ3) is 3.69. The second-order valence-electron chi connectivity index (χ2n) is 9.64. The Labute approximate surface area is 171 Å². The highest BCUT2D eigenvalue weighted by atomic mass is 28.3. The van der Waals surface area contributed by atoms with Crippen LogP contribution in [0.25, 0.3) is 0 Å². The first kappa shape index (κ1) is 20.9. The molecule has 1 fully saturated rings. The van der Waals surface area contributed by atoms with Crippen molar-refractivity contribution in [1.82, 2.24) is 0 Å². The summed E-state index contributed by atoms with van der Waals surface area (Å²) in [6, 6.07) is 3.89. The minimum atomic E-state index is -1.53. The molecule has 3 atom stereocenters. The fourth-order valence-corrected chi connectivity index (χ4v) is 5.23. The average Bonchev–Trinajstić information content (AvgIpc) is 2.66. The number of hydrogen-bond donors (Lipinski definition) is 0. The molecule has 3 nitrogen and oxygen atoms in total. The summed E-state index contributed by atoms with van der Waals surface area (Å²) < 4.78 is 17.0. The van der Waals surface area contributed by atoms with Gasteiger partial charge in [-0.1, -0.05) is 51.1 Å². The Morgan fingerprint density at radius 3 is 2.07 bits per heavy atom. The zero-order valence-electron chi connectivity index (χ0n) is 18.6. The van der Waals surface area contributed by atoms with Crippen LogP contribution in [0.2, 0.25) is 19.6 Å². The van der Waals surface area contributed by atoms with Crippen LogP contribution in [0.5, 0.6) is 17.2 Å². The summed E-state index contributed by atoms with van der Waals surface area (Å²) in [6.45, 7) is 11.7. The van der Waals surface area contributed by atoms with Gasteiger partial charge in [-0.15, -0.1) is 5.54 Å². The lowest BCUT2D eigenvalue weighted by atomic mass is 9.47. The molecule has 0 amide bonds. The number of hydrogen-bond acceptors (Lipinski definition) is 3. The Hall–Kier alpha value is -1.86. The van der Waals surface area contributed by atoms with E-state index in [-0.39, 0.29) is 5.92 Å². The van der Waals surface area contributed by atoms with E-state index in [1.54, 1.807) is 21.3 Å². The number of rotatable bonds is 5. The number of methoxy groups -OCH3 is 3. The first-order chi connectivity index (χ1) is 13.1. The smallest absolute Gasteiger partial charge is 0.131 e. The van der Waals surface area contributed by atoms with Crippen molar-refractivity contribution < 1.29 is 14.2 Å². The highest BCUT2D eigenvalue weighted by molar-refractivity contribution is 6.83. The largest absolute Gasteiger partial charge is 0.496 e. The Morgan fingerprint density at radius 1 is 1.04 bits per heavy atom. The van der Waals surface area contributed by atoms with Gasteiger partial charge in [-0.2, -0.15) is 0 Å². The molecule has 0 saturated heterocycles. The van der Waals surface area contributed by atoms with Crippen molar-refractivity contribution in [3.8, 4) is 28.7 Å². The minimum absolute atomic E-state index is 0.00643. The second-order valence-corrected chi connectivity index (χ2v) is 14.4. The fraction of sp³-hybridized carbons (Fsp3) is 0.583. The zero-order valence-corrected chi connectivity index (χ0v) is 19.6. The van der Waals surface area contributed by atoms with E-state index in [1.165, 1.54) is 12.0 Å². The monoisotopic (exact) mass is 398 g/mol. The molecule has 152 valence electrons. The van der Waals surface area contributed by atoms with Crippen molar-refractivity contribution in [2.45, 2.75) is 52.2 Å². The average molecular weight is 399 g/mol. The molecule has 4 rings (SSSR count). The lowest BCUT2D eigenvalue weighted by molar-refractivity contribution is -0.00857. The topological polar surface area (TPSA) is 27.7 Å². The second kappa shape index (κ2) is 7.52. The maximum Gasteiger partial charge on any atom is 0.131 e. The standard InChI is InChI=1S/C24H34O3Si/c1-24(2)16-9-10-18(20(24)13-16)19(11-12-28(6,7)8)23-21(26-4)14-17(25-3)15-22(23)27-5/h10,14-16,19-20H,9,13H2,1-8H3/t16-,19?,20-/m0/s1. The summed E-state index contributed by atoms with van der Waals surface area (Å²) in [5.74, 6) is 7.33. The van der Waals surface area contributed by atoms with Crippen molar-refractivity contribution in [2.75, 3.05) is 21.3 Å². The molecule has 0 aliphatic heterocycles. The molecule has 0 spiro atoms. The van der Waals surface area contributed by atoms with Crippen LogP contribution in [0.1, 0.15) is 38.2 Å². The third-order valence-electron chi connectivity index (χ3n) is 6.48. The van der Waals surface area contributed by atoms with Crippen LogP contribution in [0.4, 0.5) is 0 Å². The van der Waals surface area contributed by atoms with Gasteiger partial charge in [0.05, 0.1) is 32.8 Å². The van der Waals surface area contributed by atoms with Crippen molar-refractivity contribution in [2.24, 2.45) is 17.3 Å². The van der Waals surface area contributed by atoms with Gasteiger partial charge in [0.1, 0.15) is 25.3 Å². The van der Waals surface area contributed by atoms with Crippen molar-refractivity contribution in [3.05, 3.63) is 29.3 Å². The van der Waals surface area contributed by atoms with Gasteiger partial charge in [0.25, 0.3) is 0 Å². The maximum absolute atomic E-state index is 5.79. The SMILES string of the molecule is COc1cc(OC)c(C(C#C[Si](C)(C)C)C2=CC[C@H]3C[C@@H]2C3(C)C)c(OC)c1. The van der Waals surface area contributed by atoms with E-state index in [4.69, 9.17) is 14.2 Å². The first-order valence-corrected chi connectivity index (χ1v) is 13.6. The van der Waals surface area contributed by atoms with Gasteiger partial charge in [0.2, 0.25) is 0 Å². The van der Waals surface area contributed by atoms with E-state index in [1.807, 2.05) is 12.1 Å². The third-order valence-corrected chi connectivity index (χ3v) is 7.37. The Kier molecular flexibility index (Phi) is 5.60. The van der Waals surface area contributed by atoms with Crippen LogP contribution < -0.4 is 14.2 Å². The van der Waals surface area contributed by atoms with E-state index in [0.717, 1.165) is 35.2 Å². The molecular formula is C24H34O3Si. The molecule has 4 heteroatoms. The normalized spacial score (nSPS) is 23.5. The Balaban J connectivity index is 2.18. The highest BCUT2D eigenvalue weighted by Gasteiger charge is 2.52. The molecule has 1 aromatic rings. The molecule has 0 N–H and O–H groups in total. The maximum atomic E-state index is 5.79. The van der Waals surface area contributed by atoms with Crippen LogP contribution in [-0.4, -0.2) is 29.4 Å². The van der Waals surface area contributed by atoms with Crippen molar-refractivity contribution in [3.63, 3.8) is 0 Å². The lowest BCUT2D eigenvalue weighted by Crippen LogP contribution is -2.48. The van der Waals surface area contributed by atoms with Crippen LogP contribution in [0.15, 0.2) is 23.8 Å². The molecular weight excluding hydrogens is 364 g/mol. The first-order valence-electron chi connectivity index (χ1n) is 10.1. The van der Waals surface area contributed by atoms with E-state index < -0.39 is 8.07 Å². The highest BCUT2D eigenvalue weighted by Crippen LogP contribution is 2.62. The van der Waals surface area contributed by atoms with Gasteiger partial charge in [-0.25, -0.2) is 0 Å². The van der Waals surface area contributed by atoms with Crippen LogP contribution >= 0.6 is 0 Å². The number of benzene rings is 1. The van der Waals surface area contributed by atoms with Crippen LogP contribution in [0.3, 0.4) is 0 Å². The van der Waals surface area contributed by atoms with Crippen LogP contribution in [0, 0.1) is 28.7 Å². The molecule has 0 aromatic heterocycles. The summed E-state index contributed by atoms with van der Waals surface area (Å²) in [5, 5.41) is 0. The van der Waals surface area contributed by atoms with E-state index in [2.05, 4.69) is 51.0 Å². The van der Waals surface area contributed by atoms with Gasteiger partial charge in [-0.3, -0.25) is 0 Å². The molecule has 3 aliphatic rings. The number of fused-ring (bicyclic) bond motifs is 1. The summed E-state index contributed by atoms with van der Waals surface area (Å²) in [6.07, 6.45) is 4.85.